The molecule has 2 aliphatic heterocycles. The van der Waals surface area contributed by atoms with Crippen LogP contribution < -0.4 is 5.32 Å². The first kappa shape index (κ1) is 21.0. The SMILES string of the molecule is O=C(NC1CCCc2ccccc21)C1CCN(C2CCN(C(=O)C3CCC3)CC2)CC1. The fourth-order valence-electron chi connectivity index (χ4n) is 6.09. The zero-order chi connectivity index (χ0) is 21.2. The first-order valence-corrected chi connectivity index (χ1v) is 12.6. The third-order valence-electron chi connectivity index (χ3n) is 8.33. The number of nitrogens with zero attached hydrogens (tertiary/aromatic N) is 2. The van der Waals surface area contributed by atoms with E-state index in [0.29, 0.717) is 17.9 Å². The van der Waals surface area contributed by atoms with Crippen molar-refractivity contribution >= 4 is 11.8 Å². The van der Waals surface area contributed by atoms with Gasteiger partial charge in [0.1, 0.15) is 0 Å². The Morgan fingerprint density at radius 2 is 1.55 bits per heavy atom. The molecule has 2 heterocycles. The van der Waals surface area contributed by atoms with Gasteiger partial charge in [-0.15, -0.1) is 0 Å². The molecule has 0 aromatic heterocycles. The number of rotatable bonds is 4. The van der Waals surface area contributed by atoms with Gasteiger partial charge in [-0.25, -0.2) is 0 Å². The summed E-state index contributed by atoms with van der Waals surface area (Å²) in [6, 6.07) is 9.36. The molecule has 1 aromatic carbocycles. The second-order valence-electron chi connectivity index (χ2n) is 10.1. The zero-order valence-corrected chi connectivity index (χ0v) is 18.7. The summed E-state index contributed by atoms with van der Waals surface area (Å²) in [4.78, 5) is 30.2. The molecule has 0 radical (unpaired) electrons. The number of carbonyl (C=O) groups excluding carboxylic acids is 2. The minimum absolute atomic E-state index is 0.144. The molecule has 1 unspecified atom stereocenters. The summed E-state index contributed by atoms with van der Waals surface area (Å²) in [5.74, 6) is 1.12. The lowest BCUT2D eigenvalue weighted by Gasteiger charge is -2.43. The molecule has 31 heavy (non-hydrogen) atoms. The molecule has 5 rings (SSSR count). The van der Waals surface area contributed by atoms with Gasteiger partial charge in [0, 0.05) is 31.0 Å². The Morgan fingerprint density at radius 1 is 0.806 bits per heavy atom. The molecule has 168 valence electrons. The van der Waals surface area contributed by atoms with Crippen LogP contribution in [0.1, 0.15) is 75.0 Å². The number of hydrogen-bond acceptors (Lipinski definition) is 3. The van der Waals surface area contributed by atoms with Crippen molar-refractivity contribution in [2.45, 2.75) is 76.3 Å². The Labute approximate surface area is 186 Å². The lowest BCUT2D eigenvalue weighted by Crippen LogP contribution is -2.51. The van der Waals surface area contributed by atoms with E-state index in [-0.39, 0.29) is 17.9 Å². The molecule has 0 bridgehead atoms. The predicted octanol–water partition coefficient (Wildman–Crippen LogP) is 3.68. The highest BCUT2D eigenvalue weighted by atomic mass is 16.2. The second kappa shape index (κ2) is 9.32. The Balaban J connectivity index is 1.08. The van der Waals surface area contributed by atoms with Crippen LogP contribution in [0.25, 0.3) is 0 Å². The molecule has 5 heteroatoms. The average Bonchev–Trinajstić information content (AvgIpc) is 2.78. The van der Waals surface area contributed by atoms with Crippen molar-refractivity contribution in [1.82, 2.24) is 15.1 Å². The lowest BCUT2D eigenvalue weighted by molar-refractivity contribution is -0.140. The van der Waals surface area contributed by atoms with Crippen LogP contribution in [0.3, 0.4) is 0 Å². The standard InChI is InChI=1S/C26H37N3O2/c30-25(27-24-10-4-6-19-5-1-2-9-23(19)24)20-11-15-28(16-12-20)22-13-17-29(18-14-22)26(31)21-7-3-8-21/h1-2,5,9,20-22,24H,3-4,6-8,10-18H2,(H,27,30). The van der Waals surface area contributed by atoms with Crippen molar-refractivity contribution in [3.8, 4) is 0 Å². The van der Waals surface area contributed by atoms with Gasteiger partial charge in [-0.1, -0.05) is 30.7 Å². The van der Waals surface area contributed by atoms with E-state index in [1.807, 2.05) is 0 Å². The number of piperidine rings is 2. The summed E-state index contributed by atoms with van der Waals surface area (Å²) >= 11 is 0. The van der Waals surface area contributed by atoms with E-state index in [1.54, 1.807) is 0 Å². The van der Waals surface area contributed by atoms with E-state index in [4.69, 9.17) is 0 Å². The highest BCUT2D eigenvalue weighted by Crippen LogP contribution is 2.32. The van der Waals surface area contributed by atoms with E-state index in [0.717, 1.165) is 84.0 Å². The van der Waals surface area contributed by atoms with Crippen LogP contribution in [0.15, 0.2) is 24.3 Å². The molecule has 4 aliphatic rings. The van der Waals surface area contributed by atoms with E-state index >= 15 is 0 Å². The summed E-state index contributed by atoms with van der Waals surface area (Å²) < 4.78 is 0. The largest absolute Gasteiger partial charge is 0.349 e. The number of amides is 2. The van der Waals surface area contributed by atoms with E-state index in [1.165, 1.54) is 17.5 Å². The van der Waals surface area contributed by atoms with Gasteiger partial charge >= 0.3 is 0 Å². The lowest BCUT2D eigenvalue weighted by atomic mass is 9.83. The van der Waals surface area contributed by atoms with Crippen LogP contribution in [-0.2, 0) is 16.0 Å². The number of hydrogen-bond donors (Lipinski definition) is 1. The van der Waals surface area contributed by atoms with Crippen LogP contribution in [0, 0.1) is 11.8 Å². The molecule has 1 aromatic rings. The molecule has 1 saturated carbocycles. The van der Waals surface area contributed by atoms with Gasteiger partial charge in [0.25, 0.3) is 0 Å². The first-order valence-electron chi connectivity index (χ1n) is 12.6. The minimum atomic E-state index is 0.144. The first-order chi connectivity index (χ1) is 15.2. The number of likely N-dealkylation sites (tertiary alicyclic amines) is 2. The number of aryl methyl sites for hydroxylation is 1. The molecule has 2 amide bonds. The summed E-state index contributed by atoms with van der Waals surface area (Å²) in [5.41, 5.74) is 2.72. The molecule has 2 saturated heterocycles. The summed E-state index contributed by atoms with van der Waals surface area (Å²) in [5, 5.41) is 3.38. The maximum absolute atomic E-state index is 13.0. The summed E-state index contributed by atoms with van der Waals surface area (Å²) in [6.45, 7) is 3.87. The zero-order valence-electron chi connectivity index (χ0n) is 18.7. The van der Waals surface area contributed by atoms with E-state index in [9.17, 15) is 9.59 Å². The number of carbonyl (C=O) groups is 2. The maximum atomic E-state index is 13.0. The molecule has 3 fully saturated rings. The fourth-order valence-corrected chi connectivity index (χ4v) is 6.09. The molecular formula is C26H37N3O2. The number of benzene rings is 1. The van der Waals surface area contributed by atoms with Crippen LogP contribution in [0.4, 0.5) is 0 Å². The van der Waals surface area contributed by atoms with Crippen LogP contribution in [0.5, 0.6) is 0 Å². The molecule has 2 aliphatic carbocycles. The molecule has 1 N–H and O–H groups in total. The third-order valence-corrected chi connectivity index (χ3v) is 8.33. The topological polar surface area (TPSA) is 52.7 Å². The molecule has 5 nitrogen and oxygen atoms in total. The van der Waals surface area contributed by atoms with Gasteiger partial charge in [-0.05, 0) is 82.0 Å². The van der Waals surface area contributed by atoms with Crippen LogP contribution in [-0.4, -0.2) is 53.8 Å². The smallest absolute Gasteiger partial charge is 0.225 e. The van der Waals surface area contributed by atoms with Crippen molar-refractivity contribution in [2.24, 2.45) is 11.8 Å². The highest BCUT2D eigenvalue weighted by molar-refractivity contribution is 5.80. The maximum Gasteiger partial charge on any atom is 0.225 e. The Hall–Kier alpha value is -1.88. The number of nitrogens with one attached hydrogen (secondary N) is 1. The van der Waals surface area contributed by atoms with Gasteiger partial charge in [0.05, 0.1) is 6.04 Å². The monoisotopic (exact) mass is 423 g/mol. The quantitative estimate of drug-likeness (QED) is 0.804. The fraction of sp³-hybridized carbons (Fsp3) is 0.692. The van der Waals surface area contributed by atoms with Crippen molar-refractivity contribution in [3.63, 3.8) is 0 Å². The number of fused-ring (bicyclic) bond motifs is 1. The van der Waals surface area contributed by atoms with Crippen molar-refractivity contribution in [2.75, 3.05) is 26.2 Å². The van der Waals surface area contributed by atoms with E-state index < -0.39 is 0 Å². The van der Waals surface area contributed by atoms with Crippen molar-refractivity contribution in [1.29, 1.82) is 0 Å². The van der Waals surface area contributed by atoms with E-state index in [2.05, 4.69) is 39.4 Å². The Morgan fingerprint density at radius 3 is 2.26 bits per heavy atom. The van der Waals surface area contributed by atoms with Gasteiger partial charge in [0.15, 0.2) is 0 Å². The van der Waals surface area contributed by atoms with Crippen molar-refractivity contribution in [3.05, 3.63) is 35.4 Å². The molecule has 0 spiro atoms. The molecular weight excluding hydrogens is 386 g/mol. The Kier molecular flexibility index (Phi) is 6.31. The van der Waals surface area contributed by atoms with Crippen LogP contribution in [0.2, 0.25) is 0 Å². The normalized spacial score (nSPS) is 26.2. The average molecular weight is 424 g/mol. The highest BCUT2D eigenvalue weighted by Gasteiger charge is 2.35. The summed E-state index contributed by atoms with van der Waals surface area (Å²) in [6.07, 6.45) is 10.9. The van der Waals surface area contributed by atoms with Crippen LogP contribution >= 0.6 is 0 Å². The van der Waals surface area contributed by atoms with Gasteiger partial charge < -0.3 is 15.1 Å². The van der Waals surface area contributed by atoms with Crippen molar-refractivity contribution < 1.29 is 9.59 Å². The second-order valence-corrected chi connectivity index (χ2v) is 10.1. The van der Waals surface area contributed by atoms with Gasteiger partial charge in [-0.3, -0.25) is 9.59 Å². The minimum Gasteiger partial charge on any atom is -0.349 e. The summed E-state index contributed by atoms with van der Waals surface area (Å²) in [7, 11) is 0. The molecule has 1 atom stereocenters. The van der Waals surface area contributed by atoms with Gasteiger partial charge in [-0.2, -0.15) is 0 Å². The van der Waals surface area contributed by atoms with Gasteiger partial charge in [0.2, 0.25) is 11.8 Å². The third kappa shape index (κ3) is 4.52. The predicted molar refractivity (Wildman–Crippen MR) is 122 cm³/mol. The Bertz CT molecular complexity index is 790.